The maximum Gasteiger partial charge on any atom is 0.252 e. The van der Waals surface area contributed by atoms with Crippen LogP contribution in [0.25, 0.3) is 10.9 Å². The molecule has 122 valence electrons. The van der Waals surface area contributed by atoms with Gasteiger partial charge in [-0.1, -0.05) is 17.7 Å². The van der Waals surface area contributed by atoms with E-state index in [1.165, 1.54) is 6.20 Å². The molecule has 1 aromatic heterocycles. The SMILES string of the molecule is COc1cccc(Nc2c(C(N)=O)cnc3cc(Cl)c(C)cc23)c1. The number of benzene rings is 2. The maximum absolute atomic E-state index is 11.8. The summed E-state index contributed by atoms with van der Waals surface area (Å²) in [5, 5.41) is 4.65. The number of nitrogens with one attached hydrogen (secondary N) is 1. The molecular weight excluding hydrogens is 326 g/mol. The summed E-state index contributed by atoms with van der Waals surface area (Å²) >= 11 is 6.17. The number of aryl methyl sites for hydroxylation is 1. The van der Waals surface area contributed by atoms with Gasteiger partial charge in [0.05, 0.1) is 23.9 Å². The quantitative estimate of drug-likeness (QED) is 0.750. The van der Waals surface area contributed by atoms with Crippen LogP contribution in [0, 0.1) is 6.92 Å². The van der Waals surface area contributed by atoms with Gasteiger partial charge in [0.15, 0.2) is 0 Å². The second-order valence-electron chi connectivity index (χ2n) is 5.39. The van der Waals surface area contributed by atoms with Crippen molar-refractivity contribution >= 4 is 39.8 Å². The van der Waals surface area contributed by atoms with E-state index in [4.69, 9.17) is 22.1 Å². The van der Waals surface area contributed by atoms with E-state index in [0.29, 0.717) is 27.5 Å². The van der Waals surface area contributed by atoms with Crippen LogP contribution in [0.5, 0.6) is 5.75 Å². The molecule has 0 bridgehead atoms. The number of fused-ring (bicyclic) bond motifs is 1. The fourth-order valence-electron chi connectivity index (χ4n) is 2.49. The molecular formula is C18H16ClN3O2. The average molecular weight is 342 g/mol. The summed E-state index contributed by atoms with van der Waals surface area (Å²) in [6, 6.07) is 11.1. The number of nitrogens with zero attached hydrogens (tertiary/aromatic N) is 1. The van der Waals surface area contributed by atoms with Crippen LogP contribution in [0.2, 0.25) is 5.02 Å². The third-order valence-corrected chi connectivity index (χ3v) is 4.16. The molecule has 5 nitrogen and oxygen atoms in total. The Labute approximate surface area is 144 Å². The highest BCUT2D eigenvalue weighted by molar-refractivity contribution is 6.32. The smallest absolute Gasteiger partial charge is 0.252 e. The molecule has 0 saturated carbocycles. The van der Waals surface area contributed by atoms with Crippen LogP contribution >= 0.6 is 11.6 Å². The van der Waals surface area contributed by atoms with E-state index in [9.17, 15) is 4.79 Å². The minimum atomic E-state index is -0.553. The lowest BCUT2D eigenvalue weighted by Crippen LogP contribution is -2.14. The number of methoxy groups -OCH3 is 1. The van der Waals surface area contributed by atoms with Crippen LogP contribution in [0.15, 0.2) is 42.6 Å². The zero-order chi connectivity index (χ0) is 17.3. The molecule has 1 heterocycles. The number of amides is 1. The van der Waals surface area contributed by atoms with Gasteiger partial charge in [-0.3, -0.25) is 9.78 Å². The van der Waals surface area contributed by atoms with Crippen molar-refractivity contribution in [3.05, 3.63) is 58.7 Å². The standard InChI is InChI=1S/C18H16ClN3O2/c1-10-6-13-16(8-15(10)19)21-9-14(18(20)23)17(13)22-11-4-3-5-12(7-11)24-2/h3-9H,1-2H3,(H2,20,23)(H,21,22). The van der Waals surface area contributed by atoms with E-state index in [-0.39, 0.29) is 0 Å². The van der Waals surface area contributed by atoms with E-state index in [2.05, 4.69) is 10.3 Å². The van der Waals surface area contributed by atoms with Gasteiger partial charge in [-0.15, -0.1) is 0 Å². The van der Waals surface area contributed by atoms with E-state index < -0.39 is 5.91 Å². The van der Waals surface area contributed by atoms with Crippen LogP contribution in [0.3, 0.4) is 0 Å². The summed E-state index contributed by atoms with van der Waals surface area (Å²) in [6.45, 7) is 1.90. The number of anilines is 2. The van der Waals surface area contributed by atoms with Crippen molar-refractivity contribution in [1.82, 2.24) is 4.98 Å². The van der Waals surface area contributed by atoms with E-state index in [1.807, 2.05) is 37.3 Å². The summed E-state index contributed by atoms with van der Waals surface area (Å²) in [5.41, 5.74) is 8.77. The first-order valence-electron chi connectivity index (χ1n) is 7.29. The molecule has 0 radical (unpaired) electrons. The average Bonchev–Trinajstić information content (AvgIpc) is 2.56. The number of carbonyl (C=O) groups excluding carboxylic acids is 1. The molecule has 3 aromatic rings. The van der Waals surface area contributed by atoms with Crippen molar-refractivity contribution in [3.8, 4) is 5.75 Å². The lowest BCUT2D eigenvalue weighted by Gasteiger charge is -2.14. The monoisotopic (exact) mass is 341 g/mol. The molecule has 24 heavy (non-hydrogen) atoms. The maximum atomic E-state index is 11.8. The fourth-order valence-corrected chi connectivity index (χ4v) is 2.65. The number of hydrogen-bond acceptors (Lipinski definition) is 4. The predicted octanol–water partition coefficient (Wildman–Crippen LogP) is 4.05. The lowest BCUT2D eigenvalue weighted by molar-refractivity contribution is 0.100. The Morgan fingerprint density at radius 2 is 2.08 bits per heavy atom. The van der Waals surface area contributed by atoms with Crippen LogP contribution < -0.4 is 15.8 Å². The number of primary amides is 1. The summed E-state index contributed by atoms with van der Waals surface area (Å²) in [4.78, 5) is 16.1. The van der Waals surface area contributed by atoms with Crippen molar-refractivity contribution in [2.45, 2.75) is 6.92 Å². The van der Waals surface area contributed by atoms with Crippen LogP contribution in [-0.4, -0.2) is 18.0 Å². The lowest BCUT2D eigenvalue weighted by atomic mass is 10.1. The summed E-state index contributed by atoms with van der Waals surface area (Å²) in [5.74, 6) is 0.153. The number of rotatable bonds is 4. The molecule has 0 atom stereocenters. The number of carbonyl (C=O) groups is 1. The minimum Gasteiger partial charge on any atom is -0.497 e. The fraction of sp³-hybridized carbons (Fsp3) is 0.111. The third-order valence-electron chi connectivity index (χ3n) is 3.75. The molecule has 0 spiro atoms. The Kier molecular flexibility index (Phi) is 4.27. The Balaban J connectivity index is 2.20. The number of ether oxygens (including phenoxy) is 1. The van der Waals surface area contributed by atoms with Crippen LogP contribution in [-0.2, 0) is 0 Å². The number of hydrogen-bond donors (Lipinski definition) is 2. The molecule has 2 aromatic carbocycles. The Morgan fingerprint density at radius 3 is 2.79 bits per heavy atom. The van der Waals surface area contributed by atoms with E-state index >= 15 is 0 Å². The van der Waals surface area contributed by atoms with Crippen LogP contribution in [0.4, 0.5) is 11.4 Å². The van der Waals surface area contributed by atoms with Gasteiger partial charge in [-0.2, -0.15) is 0 Å². The second-order valence-corrected chi connectivity index (χ2v) is 5.79. The van der Waals surface area contributed by atoms with Gasteiger partial charge in [0.1, 0.15) is 5.75 Å². The zero-order valence-corrected chi connectivity index (χ0v) is 14.0. The molecule has 0 saturated heterocycles. The molecule has 0 aliphatic carbocycles. The van der Waals surface area contributed by atoms with Gasteiger partial charge >= 0.3 is 0 Å². The highest BCUT2D eigenvalue weighted by Gasteiger charge is 2.15. The number of pyridine rings is 1. The van der Waals surface area contributed by atoms with Gasteiger partial charge < -0.3 is 15.8 Å². The first-order valence-corrected chi connectivity index (χ1v) is 7.67. The molecule has 1 amide bonds. The molecule has 0 fully saturated rings. The Hall–Kier alpha value is -2.79. The molecule has 6 heteroatoms. The highest BCUT2D eigenvalue weighted by Crippen LogP contribution is 2.32. The van der Waals surface area contributed by atoms with Crippen molar-refractivity contribution < 1.29 is 9.53 Å². The van der Waals surface area contributed by atoms with Gasteiger partial charge in [0.2, 0.25) is 0 Å². The van der Waals surface area contributed by atoms with Gasteiger partial charge in [0.25, 0.3) is 5.91 Å². The number of nitrogens with two attached hydrogens (primary N) is 1. The highest BCUT2D eigenvalue weighted by atomic mass is 35.5. The molecule has 3 rings (SSSR count). The third kappa shape index (κ3) is 2.98. The normalized spacial score (nSPS) is 10.6. The summed E-state index contributed by atoms with van der Waals surface area (Å²) < 4.78 is 5.23. The largest absolute Gasteiger partial charge is 0.497 e. The van der Waals surface area contributed by atoms with Gasteiger partial charge in [-0.25, -0.2) is 0 Å². The molecule has 0 aliphatic rings. The van der Waals surface area contributed by atoms with E-state index in [1.54, 1.807) is 13.2 Å². The zero-order valence-electron chi connectivity index (χ0n) is 13.3. The summed E-state index contributed by atoms with van der Waals surface area (Å²) in [7, 11) is 1.60. The van der Waals surface area contributed by atoms with Crippen molar-refractivity contribution in [1.29, 1.82) is 0 Å². The van der Waals surface area contributed by atoms with Gasteiger partial charge in [0, 0.05) is 28.4 Å². The van der Waals surface area contributed by atoms with Gasteiger partial charge in [-0.05, 0) is 36.8 Å². The second kappa shape index (κ2) is 6.37. The van der Waals surface area contributed by atoms with Crippen molar-refractivity contribution in [2.75, 3.05) is 12.4 Å². The first-order chi connectivity index (χ1) is 11.5. The van der Waals surface area contributed by atoms with Crippen molar-refractivity contribution in [2.24, 2.45) is 5.73 Å². The topological polar surface area (TPSA) is 77.2 Å². The molecule has 3 N–H and O–H groups in total. The molecule has 0 aliphatic heterocycles. The number of aromatic nitrogens is 1. The van der Waals surface area contributed by atoms with E-state index in [0.717, 1.165) is 16.6 Å². The molecule has 0 unspecified atom stereocenters. The Morgan fingerprint density at radius 1 is 1.29 bits per heavy atom. The minimum absolute atomic E-state index is 0.312. The first kappa shape index (κ1) is 16.1. The predicted molar refractivity (Wildman–Crippen MR) is 96.3 cm³/mol. The van der Waals surface area contributed by atoms with Crippen molar-refractivity contribution in [3.63, 3.8) is 0 Å². The number of halogens is 1. The Bertz CT molecular complexity index is 941. The summed E-state index contributed by atoms with van der Waals surface area (Å²) in [6.07, 6.45) is 1.46. The van der Waals surface area contributed by atoms with Crippen LogP contribution in [0.1, 0.15) is 15.9 Å².